The highest BCUT2D eigenvalue weighted by atomic mass is 16.6. The van der Waals surface area contributed by atoms with Crippen LogP contribution in [0.3, 0.4) is 0 Å². The summed E-state index contributed by atoms with van der Waals surface area (Å²) in [6, 6.07) is 9.45. The van der Waals surface area contributed by atoms with Gasteiger partial charge in [0, 0.05) is 6.07 Å². The van der Waals surface area contributed by atoms with E-state index in [1.807, 2.05) is 24.3 Å². The lowest BCUT2D eigenvalue weighted by Gasteiger charge is -2.20. The summed E-state index contributed by atoms with van der Waals surface area (Å²) >= 11 is 0. The van der Waals surface area contributed by atoms with Gasteiger partial charge in [0.25, 0.3) is 0 Å². The molecule has 0 atom stereocenters. The number of hydrogen-bond donors (Lipinski definition) is 1. The zero-order valence-corrected chi connectivity index (χ0v) is 11.4. The number of hydrogen-bond acceptors (Lipinski definition) is 5. The second kappa shape index (κ2) is 4.66. The van der Waals surface area contributed by atoms with E-state index < -0.39 is 0 Å². The van der Waals surface area contributed by atoms with Crippen molar-refractivity contribution in [1.29, 1.82) is 0 Å². The molecule has 1 aliphatic heterocycles. The summed E-state index contributed by atoms with van der Waals surface area (Å²) in [6.07, 6.45) is 0. The molecular weight excluding hydrogens is 270 g/mol. The van der Waals surface area contributed by atoms with Gasteiger partial charge in [0.2, 0.25) is 5.88 Å². The first-order chi connectivity index (χ1) is 10.3. The number of methoxy groups -OCH3 is 1. The molecule has 106 valence electrons. The third-order valence-electron chi connectivity index (χ3n) is 3.35. The number of pyridine rings is 1. The Morgan fingerprint density at radius 1 is 1.10 bits per heavy atom. The number of benzene rings is 1. The third kappa shape index (κ3) is 1.96. The van der Waals surface area contributed by atoms with Crippen LogP contribution in [0.2, 0.25) is 0 Å². The molecule has 0 fully saturated rings. The van der Waals surface area contributed by atoms with E-state index in [-0.39, 0.29) is 0 Å². The monoisotopic (exact) mass is 283 g/mol. The Balaban J connectivity index is 1.86. The molecule has 0 amide bonds. The molecule has 0 radical (unpaired) electrons. The normalized spacial score (nSPS) is 13.4. The fraction of sp³-hybridized carbons (Fsp3) is 0.200. The zero-order chi connectivity index (χ0) is 14.2. The number of aromatic nitrogens is 3. The van der Waals surface area contributed by atoms with Gasteiger partial charge in [0.1, 0.15) is 19.0 Å². The van der Waals surface area contributed by atoms with E-state index in [4.69, 9.17) is 14.2 Å². The van der Waals surface area contributed by atoms with Crippen molar-refractivity contribution < 1.29 is 14.2 Å². The molecule has 0 unspecified atom stereocenters. The van der Waals surface area contributed by atoms with Gasteiger partial charge in [-0.15, -0.1) is 0 Å². The van der Waals surface area contributed by atoms with Crippen molar-refractivity contribution in [2.45, 2.75) is 0 Å². The lowest BCUT2D eigenvalue weighted by molar-refractivity contribution is 0.172. The van der Waals surface area contributed by atoms with Gasteiger partial charge in [0.05, 0.1) is 18.2 Å². The minimum Gasteiger partial charge on any atom is -0.486 e. The molecule has 0 spiro atoms. The van der Waals surface area contributed by atoms with Gasteiger partial charge in [-0.25, -0.2) is 4.98 Å². The van der Waals surface area contributed by atoms with Gasteiger partial charge in [-0.3, -0.25) is 0 Å². The summed E-state index contributed by atoms with van der Waals surface area (Å²) in [6.45, 7) is 1.10. The smallest absolute Gasteiger partial charge is 0.215 e. The van der Waals surface area contributed by atoms with Crippen LogP contribution < -0.4 is 14.2 Å². The van der Waals surface area contributed by atoms with Gasteiger partial charge in [-0.05, 0) is 18.2 Å². The highest BCUT2D eigenvalue weighted by molar-refractivity contribution is 5.79. The Morgan fingerprint density at radius 2 is 2.00 bits per heavy atom. The Kier molecular flexibility index (Phi) is 2.67. The summed E-state index contributed by atoms with van der Waals surface area (Å²) in [5.41, 5.74) is 2.32. The van der Waals surface area contributed by atoms with Crippen LogP contribution in [0.15, 0.2) is 30.3 Å². The Morgan fingerprint density at radius 3 is 2.90 bits per heavy atom. The molecule has 1 aromatic carbocycles. The second-order valence-corrected chi connectivity index (χ2v) is 4.64. The Hall–Kier alpha value is -2.76. The second-order valence-electron chi connectivity index (χ2n) is 4.64. The van der Waals surface area contributed by atoms with Crippen molar-refractivity contribution in [3.05, 3.63) is 30.3 Å². The van der Waals surface area contributed by atoms with Crippen LogP contribution in [-0.2, 0) is 0 Å². The number of ether oxygens (including phenoxy) is 3. The van der Waals surface area contributed by atoms with Crippen molar-refractivity contribution in [3.63, 3.8) is 0 Å². The summed E-state index contributed by atoms with van der Waals surface area (Å²) in [5, 5.41) is 0. The number of para-hydroxylation sites is 1. The maximum Gasteiger partial charge on any atom is 0.215 e. The number of nitrogens with one attached hydrogen (secondary N) is 1. The average Bonchev–Trinajstić information content (AvgIpc) is 2.97. The van der Waals surface area contributed by atoms with Crippen LogP contribution in [0, 0.1) is 0 Å². The van der Waals surface area contributed by atoms with Crippen LogP contribution in [0.5, 0.6) is 17.4 Å². The number of imidazole rings is 1. The molecule has 0 aliphatic carbocycles. The van der Waals surface area contributed by atoms with Crippen LogP contribution in [0.1, 0.15) is 0 Å². The van der Waals surface area contributed by atoms with E-state index >= 15 is 0 Å². The van der Waals surface area contributed by atoms with Gasteiger partial charge in [0.15, 0.2) is 17.1 Å². The van der Waals surface area contributed by atoms with E-state index in [1.165, 1.54) is 0 Å². The highest BCUT2D eigenvalue weighted by Crippen LogP contribution is 2.39. The van der Waals surface area contributed by atoms with Crippen molar-refractivity contribution in [2.24, 2.45) is 0 Å². The Bertz CT molecular complexity index is 813. The van der Waals surface area contributed by atoms with E-state index in [2.05, 4.69) is 15.0 Å². The molecule has 0 saturated carbocycles. The van der Waals surface area contributed by atoms with Crippen molar-refractivity contribution in [2.75, 3.05) is 20.3 Å². The first-order valence-corrected chi connectivity index (χ1v) is 6.65. The topological polar surface area (TPSA) is 69.3 Å². The minimum atomic E-state index is 0.537. The summed E-state index contributed by atoms with van der Waals surface area (Å²) in [5.74, 6) is 2.70. The van der Waals surface area contributed by atoms with E-state index in [0.717, 1.165) is 22.6 Å². The number of H-pyrrole nitrogens is 1. The summed E-state index contributed by atoms with van der Waals surface area (Å²) in [4.78, 5) is 12.1. The maximum atomic E-state index is 5.72. The van der Waals surface area contributed by atoms with Crippen LogP contribution >= 0.6 is 0 Å². The van der Waals surface area contributed by atoms with Gasteiger partial charge in [-0.2, -0.15) is 4.98 Å². The van der Waals surface area contributed by atoms with E-state index in [0.29, 0.717) is 30.6 Å². The Labute approximate surface area is 120 Å². The van der Waals surface area contributed by atoms with Crippen LogP contribution in [0.4, 0.5) is 0 Å². The molecule has 1 N–H and O–H groups in total. The van der Waals surface area contributed by atoms with Crippen LogP contribution in [0.25, 0.3) is 22.6 Å². The van der Waals surface area contributed by atoms with Crippen molar-refractivity contribution in [1.82, 2.24) is 15.0 Å². The predicted octanol–water partition coefficient (Wildman–Crippen LogP) is 2.40. The number of rotatable bonds is 2. The number of aromatic amines is 1. The molecule has 3 heterocycles. The van der Waals surface area contributed by atoms with Crippen molar-refractivity contribution in [3.8, 4) is 28.8 Å². The lowest BCUT2D eigenvalue weighted by Crippen LogP contribution is -2.15. The van der Waals surface area contributed by atoms with Gasteiger partial charge >= 0.3 is 0 Å². The summed E-state index contributed by atoms with van der Waals surface area (Å²) in [7, 11) is 1.58. The standard InChI is InChI=1S/C15H13N3O3/c1-19-12-6-5-10-15(17-12)18-14(16-10)9-3-2-4-11-13(9)21-8-7-20-11/h2-6H,7-8H2,1H3,(H,16,17,18). The molecule has 4 rings (SSSR count). The molecule has 1 aliphatic rings. The molecule has 0 saturated heterocycles. The largest absolute Gasteiger partial charge is 0.486 e. The number of fused-ring (bicyclic) bond motifs is 2. The quantitative estimate of drug-likeness (QED) is 0.782. The number of nitrogens with zero attached hydrogens (tertiary/aromatic N) is 2. The molecule has 3 aromatic rings. The third-order valence-corrected chi connectivity index (χ3v) is 3.35. The van der Waals surface area contributed by atoms with Gasteiger partial charge < -0.3 is 19.2 Å². The molecule has 6 heteroatoms. The molecular formula is C15H13N3O3. The first kappa shape index (κ1) is 12.0. The lowest BCUT2D eigenvalue weighted by atomic mass is 10.1. The zero-order valence-electron chi connectivity index (χ0n) is 11.4. The SMILES string of the molecule is COc1ccc2[nH]c(-c3cccc4c3OCCO4)nc2n1. The molecule has 2 aromatic heterocycles. The fourth-order valence-electron chi connectivity index (χ4n) is 2.38. The highest BCUT2D eigenvalue weighted by Gasteiger charge is 2.19. The maximum absolute atomic E-state index is 5.72. The fourth-order valence-corrected chi connectivity index (χ4v) is 2.38. The molecule has 6 nitrogen and oxygen atoms in total. The van der Waals surface area contributed by atoms with E-state index in [9.17, 15) is 0 Å². The van der Waals surface area contributed by atoms with Crippen LogP contribution in [-0.4, -0.2) is 35.3 Å². The predicted molar refractivity (Wildman–Crippen MR) is 76.9 cm³/mol. The van der Waals surface area contributed by atoms with Gasteiger partial charge in [-0.1, -0.05) is 6.07 Å². The first-order valence-electron chi connectivity index (χ1n) is 6.65. The molecule has 0 bridgehead atoms. The van der Waals surface area contributed by atoms with E-state index in [1.54, 1.807) is 13.2 Å². The van der Waals surface area contributed by atoms with Crippen molar-refractivity contribution >= 4 is 11.2 Å². The average molecular weight is 283 g/mol. The molecule has 21 heavy (non-hydrogen) atoms. The summed E-state index contributed by atoms with van der Waals surface area (Å²) < 4.78 is 16.4. The minimum absolute atomic E-state index is 0.537.